The zero-order valence-electron chi connectivity index (χ0n) is 19.4. The van der Waals surface area contributed by atoms with Crippen LogP contribution in [0.1, 0.15) is 31.4 Å². The summed E-state index contributed by atoms with van der Waals surface area (Å²) in [6, 6.07) is 17.6. The van der Waals surface area contributed by atoms with Crippen molar-refractivity contribution < 1.29 is 14.1 Å². The highest BCUT2D eigenvalue weighted by Gasteiger charge is 2.43. The molecule has 1 aliphatic heterocycles. The van der Waals surface area contributed by atoms with E-state index in [9.17, 15) is 5.21 Å². The topological polar surface area (TPSA) is 58.8 Å². The molecule has 0 amide bonds. The van der Waals surface area contributed by atoms with Crippen molar-refractivity contribution in [3.05, 3.63) is 83.0 Å². The van der Waals surface area contributed by atoms with Crippen LogP contribution in [0.4, 0.5) is 0 Å². The molecule has 0 fully saturated rings. The lowest BCUT2D eigenvalue weighted by atomic mass is 10.00. The van der Waals surface area contributed by atoms with Crippen LogP contribution in [0.5, 0.6) is 0 Å². The van der Waals surface area contributed by atoms with Crippen molar-refractivity contribution in [2.45, 2.75) is 32.9 Å². The number of hydrogen-bond acceptors (Lipinski definition) is 4. The lowest BCUT2D eigenvalue weighted by molar-refractivity contribution is -0.855. The number of para-hydroxylation sites is 1. The zero-order valence-corrected chi connectivity index (χ0v) is 19.4. The molecule has 0 radical (unpaired) electrons. The molecule has 0 saturated carbocycles. The molecule has 0 N–H and O–H groups in total. The van der Waals surface area contributed by atoms with E-state index in [1.807, 2.05) is 66.3 Å². The van der Waals surface area contributed by atoms with Gasteiger partial charge in [0.1, 0.15) is 6.61 Å². The number of nitrogens with zero attached hydrogens (tertiary/aromatic N) is 3. The van der Waals surface area contributed by atoms with Gasteiger partial charge in [0.25, 0.3) is 5.90 Å². The quantitative estimate of drug-likeness (QED) is 0.384. The fourth-order valence-electron chi connectivity index (χ4n) is 4.39. The van der Waals surface area contributed by atoms with Crippen molar-refractivity contribution in [1.82, 2.24) is 4.57 Å². The molecule has 0 bridgehead atoms. The van der Waals surface area contributed by atoms with Gasteiger partial charge in [-0.3, -0.25) is 4.65 Å². The van der Waals surface area contributed by atoms with Gasteiger partial charge in [0.15, 0.2) is 11.7 Å². The Morgan fingerprint density at radius 3 is 2.47 bits per heavy atom. The maximum Gasteiger partial charge on any atom is 0.319 e. The summed E-state index contributed by atoms with van der Waals surface area (Å²) in [4.78, 5) is 4.93. The van der Waals surface area contributed by atoms with Crippen LogP contribution in [0.15, 0.2) is 71.7 Å². The summed E-state index contributed by atoms with van der Waals surface area (Å²) in [5, 5.41) is 15.1. The van der Waals surface area contributed by atoms with Gasteiger partial charge < -0.3 is 19.2 Å². The Balaban J connectivity index is 1.84. The smallest absolute Gasteiger partial charge is 0.319 e. The first kappa shape index (κ1) is 22.1. The highest BCUT2D eigenvalue weighted by atomic mass is 16.6. The third kappa shape index (κ3) is 4.04. The average Bonchev–Trinajstić information content (AvgIpc) is 3.11. The minimum atomic E-state index is -0.694. The summed E-state index contributed by atoms with van der Waals surface area (Å²) >= 11 is 0. The van der Waals surface area contributed by atoms with E-state index in [0.717, 1.165) is 22.0 Å². The van der Waals surface area contributed by atoms with E-state index in [0.29, 0.717) is 36.4 Å². The Bertz CT molecular complexity index is 1160. The molecule has 168 valence electrons. The number of aryl methyl sites for hydroxylation is 1. The Morgan fingerprint density at radius 2 is 1.78 bits per heavy atom. The van der Waals surface area contributed by atoms with E-state index in [-0.39, 0.29) is 0 Å². The number of benzene rings is 2. The molecule has 0 spiro atoms. The molecule has 32 heavy (non-hydrogen) atoms. The molecular weight excluding hydrogens is 402 g/mol. The molecule has 1 aromatic heterocycles. The summed E-state index contributed by atoms with van der Waals surface area (Å²) in [5.74, 6) is 1.07. The SMILES string of the molecule is COC1=C(c2cn(C)c3ccccc23)N=C(OCc2ccccc2)C(CC(C)C)[N+]1(C)[O-]. The van der Waals surface area contributed by atoms with Gasteiger partial charge >= 0.3 is 5.88 Å². The molecule has 6 heteroatoms. The van der Waals surface area contributed by atoms with Crippen molar-refractivity contribution in [3.63, 3.8) is 0 Å². The van der Waals surface area contributed by atoms with Crippen LogP contribution in [0.25, 0.3) is 16.6 Å². The van der Waals surface area contributed by atoms with Gasteiger partial charge in [-0.2, -0.15) is 0 Å². The van der Waals surface area contributed by atoms with Crippen LogP contribution in [0, 0.1) is 11.1 Å². The summed E-state index contributed by atoms with van der Waals surface area (Å²) < 4.78 is 13.3. The van der Waals surface area contributed by atoms with Crippen molar-refractivity contribution in [2.24, 2.45) is 18.0 Å². The van der Waals surface area contributed by atoms with Crippen molar-refractivity contribution in [1.29, 1.82) is 0 Å². The van der Waals surface area contributed by atoms with Crippen molar-refractivity contribution in [2.75, 3.05) is 14.2 Å². The zero-order chi connectivity index (χ0) is 22.9. The van der Waals surface area contributed by atoms with Crippen LogP contribution in [-0.2, 0) is 23.1 Å². The van der Waals surface area contributed by atoms with Gasteiger partial charge in [0.05, 0.1) is 14.2 Å². The van der Waals surface area contributed by atoms with Gasteiger partial charge in [0.2, 0.25) is 0 Å². The van der Waals surface area contributed by atoms with E-state index in [1.54, 1.807) is 14.2 Å². The Morgan fingerprint density at radius 1 is 1.09 bits per heavy atom. The predicted octanol–water partition coefficient (Wildman–Crippen LogP) is 5.44. The Kier molecular flexibility index (Phi) is 6.09. The predicted molar refractivity (Wildman–Crippen MR) is 128 cm³/mol. The number of aliphatic imine (C=N–C) groups is 1. The second-order valence-corrected chi connectivity index (χ2v) is 8.89. The number of quaternary nitrogens is 1. The largest absolute Gasteiger partial charge is 0.625 e. The summed E-state index contributed by atoms with van der Waals surface area (Å²) in [6.07, 6.45) is 2.64. The van der Waals surface area contributed by atoms with Gasteiger partial charge in [-0.15, -0.1) is 0 Å². The lowest BCUT2D eigenvalue weighted by Crippen LogP contribution is -2.54. The molecule has 1 aliphatic rings. The maximum atomic E-state index is 14.1. The van der Waals surface area contributed by atoms with Crippen LogP contribution in [0.3, 0.4) is 0 Å². The summed E-state index contributed by atoms with van der Waals surface area (Å²) in [6.45, 7) is 4.57. The highest BCUT2D eigenvalue weighted by Crippen LogP contribution is 2.39. The first-order valence-corrected chi connectivity index (χ1v) is 11.0. The number of likely N-dealkylation sites (N-methyl/N-ethyl adjacent to an activating group) is 1. The summed E-state index contributed by atoms with van der Waals surface area (Å²) in [5.41, 5.74) is 3.50. The third-order valence-corrected chi connectivity index (χ3v) is 5.98. The van der Waals surface area contributed by atoms with E-state index < -0.39 is 10.7 Å². The molecule has 2 aromatic carbocycles. The van der Waals surface area contributed by atoms with Crippen LogP contribution >= 0.6 is 0 Å². The lowest BCUT2D eigenvalue weighted by Gasteiger charge is -2.47. The molecule has 2 heterocycles. The number of fused-ring (bicyclic) bond motifs is 1. The van der Waals surface area contributed by atoms with Gasteiger partial charge in [-0.25, -0.2) is 4.99 Å². The van der Waals surface area contributed by atoms with E-state index in [2.05, 4.69) is 19.9 Å². The third-order valence-electron chi connectivity index (χ3n) is 5.98. The highest BCUT2D eigenvalue weighted by molar-refractivity contribution is 5.97. The van der Waals surface area contributed by atoms with Gasteiger partial charge in [-0.05, 0) is 17.5 Å². The van der Waals surface area contributed by atoms with Crippen LogP contribution in [0.2, 0.25) is 0 Å². The molecular formula is C26H31N3O3. The first-order valence-electron chi connectivity index (χ1n) is 11.0. The minimum Gasteiger partial charge on any atom is -0.625 e. The standard InChI is InChI=1S/C26H31N3O3/c1-18(2)15-23-25(32-17-19-11-7-6-8-12-19)27-24(26(31-5)29(23,4)30)21-16-28(3)22-14-10-9-13-20(21)22/h6-14,16,18,23H,15,17H2,1-5H3. The Hall–Kier alpha value is -3.09. The number of hydrogen-bond donors (Lipinski definition) is 0. The molecule has 2 atom stereocenters. The number of ether oxygens (including phenoxy) is 2. The van der Waals surface area contributed by atoms with Crippen molar-refractivity contribution >= 4 is 22.5 Å². The Labute approximate surface area is 189 Å². The van der Waals surface area contributed by atoms with Crippen LogP contribution < -0.4 is 0 Å². The first-order chi connectivity index (χ1) is 15.3. The monoisotopic (exact) mass is 433 g/mol. The molecule has 0 aliphatic carbocycles. The molecule has 2 unspecified atom stereocenters. The number of rotatable bonds is 6. The van der Waals surface area contributed by atoms with Gasteiger partial charge in [0, 0.05) is 36.1 Å². The summed E-state index contributed by atoms with van der Waals surface area (Å²) in [7, 11) is 5.18. The van der Waals surface area contributed by atoms with Crippen LogP contribution in [-0.4, -0.2) is 35.3 Å². The number of hydroxylamine groups is 3. The fourth-order valence-corrected chi connectivity index (χ4v) is 4.39. The average molecular weight is 434 g/mol. The van der Waals surface area contributed by atoms with E-state index in [4.69, 9.17) is 14.5 Å². The normalized spacial score (nSPS) is 21.2. The second kappa shape index (κ2) is 8.81. The van der Waals surface area contributed by atoms with Crippen molar-refractivity contribution in [3.8, 4) is 0 Å². The fraction of sp³-hybridized carbons (Fsp3) is 0.346. The molecule has 4 rings (SSSR count). The van der Waals surface area contributed by atoms with E-state index >= 15 is 0 Å². The molecule has 6 nitrogen and oxygen atoms in total. The molecule has 0 saturated heterocycles. The minimum absolute atomic E-state index is 0.300. The van der Waals surface area contributed by atoms with E-state index in [1.165, 1.54) is 0 Å². The maximum absolute atomic E-state index is 14.1. The number of aromatic nitrogens is 1. The molecule has 3 aromatic rings. The van der Waals surface area contributed by atoms with Gasteiger partial charge in [-0.1, -0.05) is 62.4 Å². The number of methoxy groups -OCH3 is 1. The second-order valence-electron chi connectivity index (χ2n) is 8.89.